The first kappa shape index (κ1) is 14.7. The molecule has 3 aliphatic carbocycles. The molecule has 3 saturated carbocycles. The zero-order chi connectivity index (χ0) is 15.7. The molecule has 0 bridgehead atoms. The van der Waals surface area contributed by atoms with Gasteiger partial charge in [0.1, 0.15) is 5.78 Å². The third-order valence-electron chi connectivity index (χ3n) is 8.20. The smallest absolute Gasteiger partial charge is 0.219 e. The Kier molecular flexibility index (Phi) is 3.06. The molecular weight excluding hydrogens is 274 g/mol. The monoisotopic (exact) mass is 303 g/mol. The lowest BCUT2D eigenvalue weighted by Crippen LogP contribution is -2.54. The van der Waals surface area contributed by atoms with Crippen LogP contribution in [0, 0.1) is 28.6 Å². The van der Waals surface area contributed by atoms with E-state index in [1.165, 1.54) is 12.8 Å². The molecule has 3 heteroatoms. The number of nitrogens with zero attached hydrogens (tertiary/aromatic N) is 1. The van der Waals surface area contributed by atoms with Gasteiger partial charge >= 0.3 is 0 Å². The summed E-state index contributed by atoms with van der Waals surface area (Å²) in [5, 5.41) is 0. The number of hydrogen-bond acceptors (Lipinski definition) is 2. The number of rotatable bonds is 0. The van der Waals surface area contributed by atoms with Crippen LogP contribution in [-0.2, 0) is 9.59 Å². The quantitative estimate of drug-likeness (QED) is 0.687. The maximum Gasteiger partial charge on any atom is 0.219 e. The minimum Gasteiger partial charge on any atom is -0.339 e. The Morgan fingerprint density at radius 3 is 2.59 bits per heavy atom. The predicted octanol–water partition coefficient (Wildman–Crippen LogP) is 3.42. The first-order valence-electron chi connectivity index (χ1n) is 9.18. The van der Waals surface area contributed by atoms with Crippen molar-refractivity contribution < 1.29 is 9.59 Å². The third-order valence-corrected chi connectivity index (χ3v) is 8.20. The standard InChI is InChI=1S/C19H29NO2/c1-12(21)20-11-10-18(2)15-8-9-19(3)14(5-7-17(19)22)13(15)4-6-16(18)20/h13-16H,4-11H2,1-3H3/t13-,14-,15-,16?,18+,19-/m0/s1. The molecule has 0 radical (unpaired) electrons. The second-order valence-corrected chi connectivity index (χ2v) is 8.86. The Morgan fingerprint density at radius 2 is 1.86 bits per heavy atom. The Morgan fingerprint density at radius 1 is 1.09 bits per heavy atom. The molecule has 0 spiro atoms. The molecule has 1 saturated heterocycles. The van der Waals surface area contributed by atoms with Gasteiger partial charge in [-0.1, -0.05) is 13.8 Å². The molecule has 1 unspecified atom stereocenters. The van der Waals surface area contributed by atoms with Gasteiger partial charge in [0.2, 0.25) is 5.91 Å². The van der Waals surface area contributed by atoms with Crippen molar-refractivity contribution in [3.8, 4) is 0 Å². The molecule has 1 amide bonds. The van der Waals surface area contributed by atoms with Gasteiger partial charge in [-0.15, -0.1) is 0 Å². The SMILES string of the molecule is CC(=O)N1CC[C@@]2(C)C1CC[C@@H]1[C@@H]2CC[C@]2(C)C(=O)CC[C@@H]12. The van der Waals surface area contributed by atoms with Gasteiger partial charge in [-0.2, -0.15) is 0 Å². The largest absolute Gasteiger partial charge is 0.339 e. The molecule has 4 rings (SSSR count). The lowest BCUT2D eigenvalue weighted by Gasteiger charge is -2.56. The van der Waals surface area contributed by atoms with Crippen LogP contribution in [0.2, 0.25) is 0 Å². The van der Waals surface area contributed by atoms with Crippen molar-refractivity contribution in [2.75, 3.05) is 6.54 Å². The van der Waals surface area contributed by atoms with Crippen LogP contribution in [0.25, 0.3) is 0 Å². The predicted molar refractivity (Wildman–Crippen MR) is 85.2 cm³/mol. The summed E-state index contributed by atoms with van der Waals surface area (Å²) in [5.41, 5.74) is 0.269. The van der Waals surface area contributed by atoms with Crippen LogP contribution in [-0.4, -0.2) is 29.2 Å². The van der Waals surface area contributed by atoms with Crippen molar-refractivity contribution in [1.29, 1.82) is 0 Å². The minimum absolute atomic E-state index is 0.0246. The van der Waals surface area contributed by atoms with E-state index >= 15 is 0 Å². The normalized spacial score (nSPS) is 50.5. The molecule has 1 heterocycles. The van der Waals surface area contributed by atoms with Crippen LogP contribution in [0.15, 0.2) is 0 Å². The van der Waals surface area contributed by atoms with Crippen LogP contribution < -0.4 is 0 Å². The zero-order valence-electron chi connectivity index (χ0n) is 14.2. The molecule has 0 aromatic rings. The van der Waals surface area contributed by atoms with Gasteiger partial charge < -0.3 is 4.90 Å². The van der Waals surface area contributed by atoms with Gasteiger partial charge in [-0.3, -0.25) is 9.59 Å². The molecule has 122 valence electrons. The molecule has 6 atom stereocenters. The summed E-state index contributed by atoms with van der Waals surface area (Å²) in [6, 6.07) is 0.452. The Balaban J connectivity index is 1.65. The first-order valence-corrected chi connectivity index (χ1v) is 9.18. The summed E-state index contributed by atoms with van der Waals surface area (Å²) in [6.45, 7) is 7.36. The highest BCUT2D eigenvalue weighted by Gasteiger charge is 2.61. The van der Waals surface area contributed by atoms with Crippen LogP contribution in [0.1, 0.15) is 65.7 Å². The summed E-state index contributed by atoms with van der Waals surface area (Å²) in [4.78, 5) is 26.5. The molecule has 0 N–H and O–H groups in total. The van der Waals surface area contributed by atoms with E-state index in [0.717, 1.165) is 50.5 Å². The number of amides is 1. The molecular formula is C19H29NO2. The van der Waals surface area contributed by atoms with E-state index in [1.54, 1.807) is 6.92 Å². The molecule has 22 heavy (non-hydrogen) atoms. The number of hydrogen-bond donors (Lipinski definition) is 0. The highest BCUT2D eigenvalue weighted by atomic mass is 16.2. The van der Waals surface area contributed by atoms with Crippen molar-refractivity contribution in [1.82, 2.24) is 4.90 Å². The number of ketones is 1. The topological polar surface area (TPSA) is 37.4 Å². The number of likely N-dealkylation sites (tertiary alicyclic amines) is 1. The zero-order valence-corrected chi connectivity index (χ0v) is 14.2. The number of Topliss-reactive ketones (excluding diaryl/α,β-unsaturated/α-hetero) is 1. The summed E-state index contributed by atoms with van der Waals surface area (Å²) in [7, 11) is 0. The van der Waals surface area contributed by atoms with Gasteiger partial charge in [-0.25, -0.2) is 0 Å². The maximum absolute atomic E-state index is 12.4. The molecule has 4 aliphatic rings. The van der Waals surface area contributed by atoms with Gasteiger partial charge in [0, 0.05) is 31.3 Å². The van der Waals surface area contributed by atoms with Crippen molar-refractivity contribution in [3.05, 3.63) is 0 Å². The molecule has 4 fully saturated rings. The second-order valence-electron chi connectivity index (χ2n) is 8.86. The van der Waals surface area contributed by atoms with Crippen LogP contribution in [0.5, 0.6) is 0 Å². The van der Waals surface area contributed by atoms with Gasteiger partial charge in [0.05, 0.1) is 0 Å². The fourth-order valence-electron chi connectivity index (χ4n) is 6.96. The van der Waals surface area contributed by atoms with Crippen molar-refractivity contribution in [2.24, 2.45) is 28.6 Å². The van der Waals surface area contributed by atoms with Crippen molar-refractivity contribution >= 4 is 11.7 Å². The fraction of sp³-hybridized carbons (Fsp3) is 0.895. The van der Waals surface area contributed by atoms with Crippen LogP contribution in [0.4, 0.5) is 0 Å². The number of carbonyl (C=O) groups is 2. The Labute approximate surface area is 133 Å². The van der Waals surface area contributed by atoms with Crippen LogP contribution in [0.3, 0.4) is 0 Å². The van der Waals surface area contributed by atoms with E-state index in [0.29, 0.717) is 23.2 Å². The fourth-order valence-corrected chi connectivity index (χ4v) is 6.96. The van der Waals surface area contributed by atoms with E-state index in [2.05, 4.69) is 18.7 Å². The summed E-state index contributed by atoms with van der Waals surface area (Å²) in [5.74, 6) is 2.84. The van der Waals surface area contributed by atoms with E-state index in [1.807, 2.05) is 0 Å². The lowest BCUT2D eigenvalue weighted by molar-refractivity contribution is -0.138. The average Bonchev–Trinajstić information content (AvgIpc) is 2.97. The molecule has 1 aliphatic heterocycles. The molecule has 0 aromatic heterocycles. The molecule has 3 nitrogen and oxygen atoms in total. The van der Waals surface area contributed by atoms with E-state index in [9.17, 15) is 9.59 Å². The van der Waals surface area contributed by atoms with Crippen molar-refractivity contribution in [3.63, 3.8) is 0 Å². The van der Waals surface area contributed by atoms with Crippen LogP contribution >= 0.6 is 0 Å². The Bertz CT molecular complexity index is 530. The summed E-state index contributed by atoms with van der Waals surface area (Å²) < 4.78 is 0. The average molecular weight is 303 g/mol. The van der Waals surface area contributed by atoms with E-state index in [4.69, 9.17) is 0 Å². The number of fused-ring (bicyclic) bond motifs is 5. The molecule has 0 aromatic carbocycles. The van der Waals surface area contributed by atoms with E-state index < -0.39 is 0 Å². The lowest BCUT2D eigenvalue weighted by atomic mass is 9.49. The van der Waals surface area contributed by atoms with Crippen molar-refractivity contribution in [2.45, 2.75) is 71.8 Å². The summed E-state index contributed by atoms with van der Waals surface area (Å²) >= 11 is 0. The minimum atomic E-state index is -0.0246. The summed E-state index contributed by atoms with van der Waals surface area (Å²) in [6.07, 6.45) is 7.75. The van der Waals surface area contributed by atoms with Gasteiger partial charge in [0.25, 0.3) is 0 Å². The van der Waals surface area contributed by atoms with Gasteiger partial charge in [0.15, 0.2) is 0 Å². The first-order chi connectivity index (χ1) is 10.4. The second kappa shape index (κ2) is 4.58. The number of carbonyl (C=O) groups excluding carboxylic acids is 2. The highest BCUT2D eigenvalue weighted by molar-refractivity contribution is 5.87. The Hall–Kier alpha value is -0.860. The highest BCUT2D eigenvalue weighted by Crippen LogP contribution is 2.64. The van der Waals surface area contributed by atoms with E-state index in [-0.39, 0.29) is 11.3 Å². The third kappa shape index (κ3) is 1.68. The maximum atomic E-state index is 12.4. The van der Waals surface area contributed by atoms with Gasteiger partial charge in [-0.05, 0) is 61.7 Å².